The fraction of sp³-hybridized carbons (Fsp3) is 0.429. The topological polar surface area (TPSA) is 65.5 Å². The molecule has 35 heavy (non-hydrogen) atoms. The quantitative estimate of drug-likeness (QED) is 0.335. The SMILES string of the molecule is C.CN(C)C1CCC(Nc2c(C(=O)C3CC3)cnc3ccc(-c4cc(Cl)c(O)c(Cl)c4)cc23)CC1. The van der Waals surface area contributed by atoms with Crippen molar-refractivity contribution in [1.29, 1.82) is 0 Å². The summed E-state index contributed by atoms with van der Waals surface area (Å²) in [5.74, 6) is 0.171. The van der Waals surface area contributed by atoms with E-state index in [9.17, 15) is 9.90 Å². The van der Waals surface area contributed by atoms with Crippen LogP contribution in [0.5, 0.6) is 5.75 Å². The number of phenolic OH excluding ortho intramolecular Hbond substituents is 1. The molecule has 2 aliphatic carbocycles. The van der Waals surface area contributed by atoms with E-state index in [2.05, 4.69) is 29.3 Å². The Balaban J connectivity index is 0.00000289. The number of pyridine rings is 1. The molecule has 2 fully saturated rings. The van der Waals surface area contributed by atoms with E-state index in [0.29, 0.717) is 17.6 Å². The number of rotatable bonds is 6. The molecular weight excluding hydrogens is 481 g/mol. The third kappa shape index (κ3) is 5.28. The maximum absolute atomic E-state index is 13.2. The number of benzene rings is 2. The van der Waals surface area contributed by atoms with E-state index in [1.54, 1.807) is 18.3 Å². The van der Waals surface area contributed by atoms with Crippen LogP contribution in [0, 0.1) is 5.92 Å². The normalized spacial score (nSPS) is 20.0. The van der Waals surface area contributed by atoms with Gasteiger partial charge in [-0.15, -0.1) is 0 Å². The first-order valence-corrected chi connectivity index (χ1v) is 12.7. The average Bonchev–Trinajstić information content (AvgIpc) is 3.67. The number of Topliss-reactive ketones (excluding diaryl/α,β-unsaturated/α-hetero) is 1. The molecule has 0 amide bonds. The summed E-state index contributed by atoms with van der Waals surface area (Å²) in [6, 6.07) is 10.3. The molecule has 2 N–H and O–H groups in total. The molecule has 0 unspecified atom stereocenters. The average molecular weight is 514 g/mol. The number of halogens is 2. The molecule has 0 spiro atoms. The molecule has 0 aliphatic heterocycles. The van der Waals surface area contributed by atoms with Gasteiger partial charge in [0.25, 0.3) is 0 Å². The van der Waals surface area contributed by atoms with Gasteiger partial charge in [-0.1, -0.05) is 36.7 Å². The highest BCUT2D eigenvalue weighted by Crippen LogP contribution is 2.40. The number of aromatic nitrogens is 1. The van der Waals surface area contributed by atoms with Crippen molar-refractivity contribution in [3.05, 3.63) is 52.1 Å². The summed E-state index contributed by atoms with van der Waals surface area (Å²) < 4.78 is 0. The van der Waals surface area contributed by atoms with E-state index >= 15 is 0 Å². The first kappa shape index (κ1) is 25.7. The van der Waals surface area contributed by atoms with Crippen LogP contribution in [-0.4, -0.2) is 47.0 Å². The number of nitrogens with zero attached hydrogens (tertiary/aromatic N) is 2. The molecule has 7 heteroatoms. The summed E-state index contributed by atoms with van der Waals surface area (Å²) in [6.45, 7) is 0. The number of hydrogen-bond donors (Lipinski definition) is 2. The van der Waals surface area contributed by atoms with Gasteiger partial charge >= 0.3 is 0 Å². The zero-order chi connectivity index (χ0) is 24.0. The Kier molecular flexibility index (Phi) is 7.60. The van der Waals surface area contributed by atoms with Crippen LogP contribution in [0.3, 0.4) is 0 Å². The van der Waals surface area contributed by atoms with Crippen molar-refractivity contribution >= 4 is 45.6 Å². The molecule has 186 valence electrons. The second kappa shape index (κ2) is 10.3. The zero-order valence-corrected chi connectivity index (χ0v) is 21.0. The summed E-state index contributed by atoms with van der Waals surface area (Å²) in [5, 5.41) is 15.0. The minimum atomic E-state index is -0.123. The molecular formula is C28H33Cl2N3O2. The Morgan fingerprint density at radius 3 is 2.26 bits per heavy atom. The van der Waals surface area contributed by atoms with Gasteiger partial charge in [-0.2, -0.15) is 0 Å². The summed E-state index contributed by atoms with van der Waals surface area (Å²) in [6.07, 6.45) is 8.04. The standard InChI is InChI=1S/C27H29Cl2N3O2.CH4/c1-32(2)19-8-6-18(7-9-19)31-25-20-11-16(17-12-22(28)27(34)23(29)13-17)5-10-24(20)30-14-21(25)26(33)15-3-4-15;/h5,10-15,18-19,34H,3-4,6-9H2,1-2H3,(H,30,31);1H4. The van der Waals surface area contributed by atoms with E-state index in [1.807, 2.05) is 18.2 Å². The molecule has 5 nitrogen and oxygen atoms in total. The van der Waals surface area contributed by atoms with Gasteiger partial charge < -0.3 is 15.3 Å². The maximum atomic E-state index is 13.2. The molecule has 0 bridgehead atoms. The third-order valence-corrected chi connectivity index (χ3v) is 7.78. The monoisotopic (exact) mass is 513 g/mol. The third-order valence-electron chi connectivity index (χ3n) is 7.21. The molecule has 0 radical (unpaired) electrons. The van der Waals surface area contributed by atoms with E-state index in [4.69, 9.17) is 23.2 Å². The summed E-state index contributed by atoms with van der Waals surface area (Å²) >= 11 is 12.4. The fourth-order valence-corrected chi connectivity index (χ4v) is 5.44. The molecule has 5 rings (SSSR count). The molecule has 0 atom stereocenters. The first-order chi connectivity index (χ1) is 16.3. The summed E-state index contributed by atoms with van der Waals surface area (Å²) in [4.78, 5) is 20.1. The lowest BCUT2D eigenvalue weighted by atomic mass is 9.89. The first-order valence-electron chi connectivity index (χ1n) is 11.9. The number of fused-ring (bicyclic) bond motifs is 1. The Morgan fingerprint density at radius 1 is 1.00 bits per heavy atom. The van der Waals surface area contributed by atoms with Crippen molar-refractivity contribution in [3.63, 3.8) is 0 Å². The molecule has 1 aromatic heterocycles. The van der Waals surface area contributed by atoms with E-state index in [-0.39, 0.29) is 34.9 Å². The number of nitrogens with one attached hydrogen (secondary N) is 1. The number of carbonyl (C=O) groups is 1. The van der Waals surface area contributed by atoms with Gasteiger partial charge in [-0.3, -0.25) is 9.78 Å². The minimum absolute atomic E-state index is 0. The molecule has 2 saturated carbocycles. The second-order valence-electron chi connectivity index (χ2n) is 9.82. The van der Waals surface area contributed by atoms with E-state index < -0.39 is 0 Å². The number of ketones is 1. The Bertz CT molecular complexity index is 1230. The van der Waals surface area contributed by atoms with Crippen molar-refractivity contribution in [2.45, 2.75) is 58.0 Å². The highest BCUT2D eigenvalue weighted by atomic mass is 35.5. The van der Waals surface area contributed by atoms with Crippen LogP contribution in [-0.2, 0) is 0 Å². The number of hydrogen-bond acceptors (Lipinski definition) is 5. The van der Waals surface area contributed by atoms with Gasteiger partial charge in [0.15, 0.2) is 11.5 Å². The van der Waals surface area contributed by atoms with Crippen molar-refractivity contribution in [2.75, 3.05) is 19.4 Å². The summed E-state index contributed by atoms with van der Waals surface area (Å²) in [7, 11) is 4.29. The van der Waals surface area contributed by atoms with Gasteiger partial charge in [0.1, 0.15) is 0 Å². The van der Waals surface area contributed by atoms with Crippen LogP contribution >= 0.6 is 23.2 Å². The Labute approximate surface area is 217 Å². The molecule has 3 aromatic rings. The van der Waals surface area contributed by atoms with Crippen LogP contribution in [0.4, 0.5) is 5.69 Å². The lowest BCUT2D eigenvalue weighted by Gasteiger charge is -2.34. The van der Waals surface area contributed by atoms with Gasteiger partial charge in [0.05, 0.1) is 26.8 Å². The van der Waals surface area contributed by atoms with Gasteiger partial charge in [-0.05, 0) is 88.0 Å². The van der Waals surface area contributed by atoms with Gasteiger partial charge in [-0.25, -0.2) is 0 Å². The largest absolute Gasteiger partial charge is 0.505 e. The summed E-state index contributed by atoms with van der Waals surface area (Å²) in [5.41, 5.74) is 4.09. The van der Waals surface area contributed by atoms with Crippen molar-refractivity contribution in [1.82, 2.24) is 9.88 Å². The number of anilines is 1. The zero-order valence-electron chi connectivity index (χ0n) is 19.4. The lowest BCUT2D eigenvalue weighted by Crippen LogP contribution is -2.36. The second-order valence-corrected chi connectivity index (χ2v) is 10.6. The van der Waals surface area contributed by atoms with Crippen molar-refractivity contribution < 1.29 is 9.90 Å². The predicted molar refractivity (Wildman–Crippen MR) is 146 cm³/mol. The fourth-order valence-electron chi connectivity index (χ4n) is 4.95. The molecule has 0 saturated heterocycles. The van der Waals surface area contributed by atoms with Crippen LogP contribution in [0.2, 0.25) is 10.0 Å². The van der Waals surface area contributed by atoms with Crippen molar-refractivity contribution in [2.24, 2.45) is 5.92 Å². The smallest absolute Gasteiger partial charge is 0.169 e. The Hall–Kier alpha value is -2.34. The molecule has 1 heterocycles. The Morgan fingerprint density at radius 2 is 1.66 bits per heavy atom. The van der Waals surface area contributed by atoms with Crippen LogP contribution in [0.1, 0.15) is 56.3 Å². The molecule has 2 aromatic carbocycles. The number of phenols is 1. The van der Waals surface area contributed by atoms with Crippen LogP contribution in [0.25, 0.3) is 22.0 Å². The lowest BCUT2D eigenvalue weighted by molar-refractivity contribution is 0.0968. The molecule has 2 aliphatic rings. The van der Waals surface area contributed by atoms with Crippen LogP contribution in [0.15, 0.2) is 36.5 Å². The minimum Gasteiger partial charge on any atom is -0.505 e. The highest BCUT2D eigenvalue weighted by Gasteiger charge is 2.33. The highest BCUT2D eigenvalue weighted by molar-refractivity contribution is 6.37. The van der Waals surface area contributed by atoms with E-state index in [0.717, 1.165) is 66.2 Å². The van der Waals surface area contributed by atoms with Gasteiger partial charge in [0.2, 0.25) is 0 Å². The van der Waals surface area contributed by atoms with E-state index in [1.165, 1.54) is 0 Å². The maximum Gasteiger partial charge on any atom is 0.169 e. The predicted octanol–water partition coefficient (Wildman–Crippen LogP) is 7.43. The number of carbonyl (C=O) groups excluding carboxylic acids is 1. The van der Waals surface area contributed by atoms with Crippen LogP contribution < -0.4 is 5.32 Å². The number of aromatic hydroxyl groups is 1. The van der Waals surface area contributed by atoms with Crippen molar-refractivity contribution in [3.8, 4) is 16.9 Å². The van der Waals surface area contributed by atoms with Gasteiger partial charge in [0, 0.05) is 29.6 Å².